The Bertz CT molecular complexity index is 516. The van der Waals surface area contributed by atoms with E-state index in [4.69, 9.17) is 5.73 Å². The Labute approximate surface area is 129 Å². The van der Waals surface area contributed by atoms with E-state index in [1.807, 2.05) is 0 Å². The summed E-state index contributed by atoms with van der Waals surface area (Å²) in [5.74, 6) is 0.158. The van der Waals surface area contributed by atoms with E-state index >= 15 is 0 Å². The molecule has 6 heteroatoms. The van der Waals surface area contributed by atoms with Gasteiger partial charge in [-0.15, -0.1) is 11.3 Å². The Morgan fingerprint density at radius 1 is 1.52 bits per heavy atom. The number of carbonyl (C=O) groups excluding carboxylic acids is 1. The second-order valence-electron chi connectivity index (χ2n) is 6.12. The predicted molar refractivity (Wildman–Crippen MR) is 85.3 cm³/mol. The lowest BCUT2D eigenvalue weighted by Gasteiger charge is -2.25. The van der Waals surface area contributed by atoms with E-state index in [9.17, 15) is 4.79 Å². The van der Waals surface area contributed by atoms with Gasteiger partial charge in [-0.05, 0) is 25.8 Å². The molecule has 1 aromatic rings. The van der Waals surface area contributed by atoms with E-state index in [1.165, 1.54) is 10.6 Å². The van der Waals surface area contributed by atoms with Gasteiger partial charge in [0.15, 0.2) is 5.13 Å². The first kappa shape index (κ1) is 14.9. The number of hydrogen-bond donors (Lipinski definition) is 2. The van der Waals surface area contributed by atoms with E-state index in [0.717, 1.165) is 56.9 Å². The number of amides is 1. The molecule has 0 spiro atoms. The van der Waals surface area contributed by atoms with Gasteiger partial charge in [-0.1, -0.05) is 13.3 Å². The molecule has 0 saturated heterocycles. The predicted octanol–water partition coefficient (Wildman–Crippen LogP) is 1.98. The van der Waals surface area contributed by atoms with Gasteiger partial charge in [-0.25, -0.2) is 4.98 Å². The van der Waals surface area contributed by atoms with Crippen LogP contribution in [0.15, 0.2) is 0 Å². The number of nitrogens with one attached hydrogen (secondary N) is 1. The molecule has 1 amide bonds. The Hall–Kier alpha value is -0.980. The molecule has 1 aliphatic heterocycles. The quantitative estimate of drug-likeness (QED) is 0.895. The minimum absolute atomic E-state index is 0.0572. The van der Waals surface area contributed by atoms with Crippen molar-refractivity contribution in [2.75, 3.05) is 18.4 Å². The van der Waals surface area contributed by atoms with Gasteiger partial charge in [0.1, 0.15) is 0 Å². The summed E-state index contributed by atoms with van der Waals surface area (Å²) in [6.45, 7) is 5.28. The fourth-order valence-electron chi connectivity index (χ4n) is 3.24. The van der Waals surface area contributed by atoms with Crippen LogP contribution in [0.3, 0.4) is 0 Å². The summed E-state index contributed by atoms with van der Waals surface area (Å²) in [6, 6.07) is 0.178. The smallest absolute Gasteiger partial charge is 0.229 e. The zero-order valence-electron chi connectivity index (χ0n) is 12.6. The highest BCUT2D eigenvalue weighted by Gasteiger charge is 2.27. The summed E-state index contributed by atoms with van der Waals surface area (Å²) in [4.78, 5) is 20.7. The highest BCUT2D eigenvalue weighted by Crippen LogP contribution is 2.30. The monoisotopic (exact) mass is 308 g/mol. The van der Waals surface area contributed by atoms with Crippen LogP contribution in [0.1, 0.15) is 43.2 Å². The van der Waals surface area contributed by atoms with Crippen molar-refractivity contribution in [2.24, 2.45) is 11.7 Å². The van der Waals surface area contributed by atoms with Gasteiger partial charge in [0.25, 0.3) is 0 Å². The highest BCUT2D eigenvalue weighted by molar-refractivity contribution is 7.15. The maximum absolute atomic E-state index is 12.3. The number of aromatic nitrogens is 1. The minimum Gasteiger partial charge on any atom is -0.328 e. The van der Waals surface area contributed by atoms with Crippen molar-refractivity contribution in [1.82, 2.24) is 9.88 Å². The number of fused-ring (bicyclic) bond motifs is 1. The number of hydrogen-bond acceptors (Lipinski definition) is 5. The van der Waals surface area contributed by atoms with Crippen molar-refractivity contribution in [3.8, 4) is 0 Å². The lowest BCUT2D eigenvalue weighted by molar-refractivity contribution is -0.120. The van der Waals surface area contributed by atoms with Crippen LogP contribution in [0, 0.1) is 5.92 Å². The van der Waals surface area contributed by atoms with E-state index in [1.54, 1.807) is 11.3 Å². The summed E-state index contributed by atoms with van der Waals surface area (Å²) < 4.78 is 0. The summed E-state index contributed by atoms with van der Waals surface area (Å²) in [5.41, 5.74) is 7.13. The normalized spacial score (nSPS) is 26.4. The molecule has 1 aromatic heterocycles. The Kier molecular flexibility index (Phi) is 4.57. The second-order valence-corrected chi connectivity index (χ2v) is 7.20. The Balaban J connectivity index is 1.63. The van der Waals surface area contributed by atoms with Gasteiger partial charge >= 0.3 is 0 Å². The SMILES string of the molecule is CCN1CCc2nc(NC(=O)C3CCCC(N)C3)sc2C1. The summed E-state index contributed by atoms with van der Waals surface area (Å²) in [6.07, 6.45) is 4.85. The third-order valence-corrected chi connectivity index (χ3v) is 5.57. The van der Waals surface area contributed by atoms with Gasteiger partial charge in [-0.2, -0.15) is 0 Å². The van der Waals surface area contributed by atoms with Crippen molar-refractivity contribution in [3.05, 3.63) is 10.6 Å². The van der Waals surface area contributed by atoms with Crippen LogP contribution in [-0.4, -0.2) is 34.9 Å². The molecule has 0 radical (unpaired) electrons. The molecule has 1 saturated carbocycles. The Morgan fingerprint density at radius 2 is 2.38 bits per heavy atom. The van der Waals surface area contributed by atoms with Gasteiger partial charge in [0, 0.05) is 36.3 Å². The largest absolute Gasteiger partial charge is 0.328 e. The molecular formula is C15H24N4OS. The fourth-order valence-corrected chi connectivity index (χ4v) is 4.30. The third kappa shape index (κ3) is 3.44. The zero-order chi connectivity index (χ0) is 14.8. The molecule has 2 unspecified atom stereocenters. The molecule has 0 aromatic carbocycles. The van der Waals surface area contributed by atoms with Crippen molar-refractivity contribution in [3.63, 3.8) is 0 Å². The van der Waals surface area contributed by atoms with Crippen LogP contribution >= 0.6 is 11.3 Å². The van der Waals surface area contributed by atoms with Crippen LogP contribution in [-0.2, 0) is 17.8 Å². The van der Waals surface area contributed by atoms with E-state index < -0.39 is 0 Å². The summed E-state index contributed by atoms with van der Waals surface area (Å²) in [7, 11) is 0. The van der Waals surface area contributed by atoms with E-state index in [-0.39, 0.29) is 17.9 Å². The topological polar surface area (TPSA) is 71.2 Å². The van der Waals surface area contributed by atoms with Crippen molar-refractivity contribution >= 4 is 22.4 Å². The Morgan fingerprint density at radius 3 is 3.14 bits per heavy atom. The maximum Gasteiger partial charge on any atom is 0.229 e. The lowest BCUT2D eigenvalue weighted by atomic mass is 9.86. The third-order valence-electron chi connectivity index (χ3n) is 4.57. The molecule has 5 nitrogen and oxygen atoms in total. The van der Waals surface area contributed by atoms with Crippen molar-refractivity contribution in [1.29, 1.82) is 0 Å². The van der Waals surface area contributed by atoms with E-state index in [2.05, 4.69) is 22.1 Å². The molecule has 2 atom stereocenters. The first-order chi connectivity index (χ1) is 10.2. The average molecular weight is 308 g/mol. The van der Waals surface area contributed by atoms with E-state index in [0.29, 0.717) is 0 Å². The van der Waals surface area contributed by atoms with Gasteiger partial charge in [0.05, 0.1) is 5.69 Å². The standard InChI is InChI=1S/C15H24N4OS/c1-2-19-7-6-12-13(9-19)21-15(17-12)18-14(20)10-4-3-5-11(16)8-10/h10-11H,2-9,16H2,1H3,(H,17,18,20). The molecule has 1 aliphatic carbocycles. The number of likely N-dealkylation sites (N-methyl/N-ethyl adjacent to an activating group) is 1. The number of thiazole rings is 1. The van der Waals surface area contributed by atoms with Crippen molar-refractivity contribution < 1.29 is 4.79 Å². The van der Waals surface area contributed by atoms with Crippen LogP contribution in [0.2, 0.25) is 0 Å². The first-order valence-corrected chi connectivity index (χ1v) is 8.74. The minimum atomic E-state index is 0.0572. The van der Waals surface area contributed by atoms with Crippen LogP contribution < -0.4 is 11.1 Å². The van der Waals surface area contributed by atoms with Crippen LogP contribution in [0.25, 0.3) is 0 Å². The van der Waals surface area contributed by atoms with Gasteiger partial charge in [0.2, 0.25) is 5.91 Å². The van der Waals surface area contributed by atoms with Crippen LogP contribution in [0.4, 0.5) is 5.13 Å². The summed E-state index contributed by atoms with van der Waals surface area (Å²) in [5, 5.41) is 3.78. The zero-order valence-corrected chi connectivity index (χ0v) is 13.4. The van der Waals surface area contributed by atoms with Gasteiger partial charge < -0.3 is 11.1 Å². The molecule has 3 rings (SSSR count). The fraction of sp³-hybridized carbons (Fsp3) is 0.733. The molecule has 0 bridgehead atoms. The lowest BCUT2D eigenvalue weighted by Crippen LogP contribution is -2.34. The van der Waals surface area contributed by atoms with Crippen LogP contribution in [0.5, 0.6) is 0 Å². The number of anilines is 1. The summed E-state index contributed by atoms with van der Waals surface area (Å²) >= 11 is 1.63. The maximum atomic E-state index is 12.3. The molecule has 3 N–H and O–H groups in total. The first-order valence-electron chi connectivity index (χ1n) is 7.93. The van der Waals surface area contributed by atoms with Crippen molar-refractivity contribution in [2.45, 2.75) is 51.6 Å². The molecule has 2 heterocycles. The molecule has 21 heavy (non-hydrogen) atoms. The number of carbonyl (C=O) groups is 1. The molecule has 116 valence electrons. The number of rotatable bonds is 3. The highest BCUT2D eigenvalue weighted by atomic mass is 32.1. The molecule has 1 fully saturated rings. The number of nitrogens with two attached hydrogens (primary N) is 1. The number of nitrogens with zero attached hydrogens (tertiary/aromatic N) is 2. The average Bonchev–Trinajstić information content (AvgIpc) is 2.88. The molecular weight excluding hydrogens is 284 g/mol. The second kappa shape index (κ2) is 6.42. The van der Waals surface area contributed by atoms with Gasteiger partial charge in [-0.3, -0.25) is 9.69 Å². The molecule has 2 aliphatic rings.